The van der Waals surface area contributed by atoms with Gasteiger partial charge < -0.3 is 34.3 Å². The summed E-state index contributed by atoms with van der Waals surface area (Å²) in [5.41, 5.74) is 15.8. The number of carbonyl (C=O) groups is 2. The number of anilines is 2. The third-order valence-electron chi connectivity index (χ3n) is 15.6. The van der Waals surface area contributed by atoms with Crippen molar-refractivity contribution in [1.29, 1.82) is 0 Å². The number of aromatic nitrogens is 2. The molecule has 2 saturated carbocycles. The predicted octanol–water partition coefficient (Wildman–Crippen LogP) is 10.8. The summed E-state index contributed by atoms with van der Waals surface area (Å²) >= 11 is 3.99. The lowest BCUT2D eigenvalue weighted by Gasteiger charge is -2.31. The van der Waals surface area contributed by atoms with E-state index in [0.29, 0.717) is 24.9 Å². The van der Waals surface area contributed by atoms with Crippen LogP contribution in [0.3, 0.4) is 0 Å². The SMILES string of the molecule is C1CSCCN1.Cc1ccc2c(C3CCCCC3)c3n(c2c1)CCN(CC(=O)N1CCSCC1)c1ccccc1-3.Cc1ccc2c(C3CCCCC3)c3n(c2c1)CCN(CC(=O)O)c1ccccc1-3.O=C=O.O=C=O. The Morgan fingerprint density at radius 2 is 0.987 bits per heavy atom. The van der Waals surface area contributed by atoms with Gasteiger partial charge in [0, 0.05) is 120 Å². The second-order valence-corrected chi connectivity index (χ2v) is 22.8. The van der Waals surface area contributed by atoms with E-state index in [2.05, 4.69) is 117 Å². The molecule has 2 aromatic heterocycles. The van der Waals surface area contributed by atoms with E-state index < -0.39 is 5.97 Å². The Balaban J connectivity index is 0.000000165. The van der Waals surface area contributed by atoms with Crippen molar-refractivity contribution in [2.75, 3.05) is 85.2 Å². The number of aliphatic carboxylic acids is 1. The molecule has 6 aromatic rings. The van der Waals surface area contributed by atoms with E-state index in [1.807, 2.05) is 34.5 Å². The summed E-state index contributed by atoms with van der Waals surface area (Å²) in [6, 6.07) is 31.1. The molecular weight excluding hydrogens is 981 g/mol. The fourth-order valence-corrected chi connectivity index (χ4v) is 14.0. The Hall–Kier alpha value is -6.08. The minimum atomic E-state index is -0.778. The van der Waals surface area contributed by atoms with Crippen molar-refractivity contribution in [2.24, 2.45) is 0 Å². The second kappa shape index (κ2) is 27.1. The Morgan fingerprint density at radius 3 is 1.40 bits per heavy atom. The Morgan fingerprint density at radius 1 is 0.560 bits per heavy atom. The summed E-state index contributed by atoms with van der Waals surface area (Å²) in [6.45, 7) is 12.4. The van der Waals surface area contributed by atoms with Gasteiger partial charge in [0.1, 0.15) is 6.54 Å². The standard InChI is InChI=1S/C29H35N3OS.C25H28N2O2.C4H9NS.2CO2/c1-21-11-12-23-26(19-21)32-14-13-31(20-27(33)30-15-17-34-18-16-30)25-10-6-5-9-24(25)29(32)28(23)22-7-3-2-4-8-22;1-17-11-12-19-22(15-17)27-14-13-26(16-23(28)29)21-10-6-5-9-20(21)25(27)24(19)18-7-3-2-4-8-18;1-3-6-4-2-5-1;2*2-1-3/h5-6,9-12,19,22H,2-4,7-8,13-18,20H2,1H3;5-6,9-12,15,18H,2-4,7-8,13-14,16H2,1H3,(H,28,29);5H,1-4H2;;. The molecule has 0 radical (unpaired) electrons. The van der Waals surface area contributed by atoms with Crippen LogP contribution in [0.4, 0.5) is 11.4 Å². The van der Waals surface area contributed by atoms with E-state index >= 15 is 0 Å². The van der Waals surface area contributed by atoms with Crippen molar-refractivity contribution in [3.05, 3.63) is 107 Å². The molecule has 0 unspecified atom stereocenters. The first-order valence-electron chi connectivity index (χ1n) is 27.0. The van der Waals surface area contributed by atoms with Gasteiger partial charge in [0.25, 0.3) is 0 Å². The molecule has 1 amide bonds. The summed E-state index contributed by atoms with van der Waals surface area (Å²) in [6.07, 6.45) is 13.6. The van der Waals surface area contributed by atoms with Gasteiger partial charge in [0.05, 0.1) is 17.9 Å². The lowest BCUT2D eigenvalue weighted by Crippen LogP contribution is -2.44. The smallest absolute Gasteiger partial charge is 0.373 e. The molecule has 75 heavy (non-hydrogen) atoms. The van der Waals surface area contributed by atoms with Crippen LogP contribution in [0, 0.1) is 13.8 Å². The van der Waals surface area contributed by atoms with Gasteiger partial charge in [-0.25, -0.2) is 0 Å². The number of fused-ring (bicyclic) bond motifs is 10. The molecular formula is C60H72N6O7S2. The van der Waals surface area contributed by atoms with Crippen LogP contribution in [-0.2, 0) is 41.9 Å². The second-order valence-electron chi connectivity index (χ2n) is 20.3. The summed E-state index contributed by atoms with van der Waals surface area (Å²) in [5, 5.41) is 15.6. The molecule has 396 valence electrons. The number of hydrogen-bond donors (Lipinski definition) is 2. The summed E-state index contributed by atoms with van der Waals surface area (Å²) in [7, 11) is 0. The zero-order chi connectivity index (χ0) is 52.7. The maximum Gasteiger partial charge on any atom is 0.373 e. The van der Waals surface area contributed by atoms with Gasteiger partial charge >= 0.3 is 18.3 Å². The van der Waals surface area contributed by atoms with Gasteiger partial charge in [-0.05, 0) is 97.9 Å². The molecule has 4 aromatic carbocycles. The lowest BCUT2D eigenvalue weighted by atomic mass is 9.81. The molecule has 6 heterocycles. The number of carbonyl (C=O) groups excluding carboxylic acids is 5. The number of benzene rings is 4. The van der Waals surface area contributed by atoms with Crippen molar-refractivity contribution in [3.63, 3.8) is 0 Å². The van der Waals surface area contributed by atoms with E-state index in [4.69, 9.17) is 19.2 Å². The number of thioether (sulfide) groups is 2. The molecule has 13 nitrogen and oxygen atoms in total. The zero-order valence-corrected chi connectivity index (χ0v) is 45.3. The van der Waals surface area contributed by atoms with Gasteiger partial charge in [0.15, 0.2) is 0 Å². The molecule has 6 aliphatic rings. The van der Waals surface area contributed by atoms with Crippen molar-refractivity contribution in [2.45, 2.75) is 103 Å². The monoisotopic (exact) mass is 1050 g/mol. The predicted molar refractivity (Wildman–Crippen MR) is 302 cm³/mol. The van der Waals surface area contributed by atoms with Crippen molar-refractivity contribution in [1.82, 2.24) is 19.4 Å². The first kappa shape index (κ1) is 55.2. The minimum Gasteiger partial charge on any atom is -0.480 e. The van der Waals surface area contributed by atoms with E-state index in [1.54, 1.807) is 5.56 Å². The summed E-state index contributed by atoms with van der Waals surface area (Å²) < 4.78 is 5.04. The molecule has 4 aliphatic heterocycles. The Labute approximate surface area is 449 Å². The molecule has 2 aliphatic carbocycles. The summed E-state index contributed by atoms with van der Waals surface area (Å²) in [4.78, 5) is 63.7. The van der Waals surface area contributed by atoms with Crippen LogP contribution in [0.2, 0.25) is 0 Å². The maximum atomic E-state index is 13.2. The number of carboxylic acid groups (broad SMARTS) is 1. The highest BCUT2D eigenvalue weighted by atomic mass is 32.2. The molecule has 0 bridgehead atoms. The normalized spacial score (nSPS) is 17.4. The van der Waals surface area contributed by atoms with Crippen molar-refractivity contribution >= 4 is 80.9 Å². The van der Waals surface area contributed by atoms with Gasteiger partial charge in [-0.2, -0.15) is 42.7 Å². The number of hydrogen-bond acceptors (Lipinski definition) is 11. The lowest BCUT2D eigenvalue weighted by molar-refractivity contribution is -0.193. The maximum absolute atomic E-state index is 13.2. The average Bonchev–Trinajstić information content (AvgIpc) is 3.81. The van der Waals surface area contributed by atoms with Crippen LogP contribution in [-0.4, -0.2) is 119 Å². The van der Waals surface area contributed by atoms with E-state index in [1.165, 1.54) is 156 Å². The average molecular weight is 1050 g/mol. The van der Waals surface area contributed by atoms with Gasteiger partial charge in [-0.15, -0.1) is 0 Å². The third-order valence-corrected chi connectivity index (χ3v) is 17.5. The molecule has 2 N–H and O–H groups in total. The van der Waals surface area contributed by atoms with Crippen LogP contribution >= 0.6 is 23.5 Å². The molecule has 0 atom stereocenters. The number of nitrogens with zero attached hydrogens (tertiary/aromatic N) is 5. The van der Waals surface area contributed by atoms with Crippen LogP contribution in [0.25, 0.3) is 44.3 Å². The first-order valence-corrected chi connectivity index (χ1v) is 29.3. The van der Waals surface area contributed by atoms with Gasteiger partial charge in [0.2, 0.25) is 5.91 Å². The Kier molecular flexibility index (Phi) is 19.9. The van der Waals surface area contributed by atoms with E-state index in [0.717, 1.165) is 49.9 Å². The highest BCUT2D eigenvalue weighted by Crippen LogP contribution is 2.49. The van der Waals surface area contributed by atoms with Crippen molar-refractivity contribution < 1.29 is 33.9 Å². The van der Waals surface area contributed by atoms with Crippen molar-refractivity contribution in [3.8, 4) is 22.5 Å². The zero-order valence-electron chi connectivity index (χ0n) is 43.7. The molecule has 12 rings (SSSR count). The molecule has 2 saturated heterocycles. The Bertz CT molecular complexity index is 2950. The largest absolute Gasteiger partial charge is 0.480 e. The van der Waals surface area contributed by atoms with E-state index in [9.17, 15) is 14.7 Å². The van der Waals surface area contributed by atoms with E-state index in [-0.39, 0.29) is 24.8 Å². The van der Waals surface area contributed by atoms with Gasteiger partial charge in [-0.3, -0.25) is 9.59 Å². The quantitative estimate of drug-likeness (QED) is 0.163. The van der Waals surface area contributed by atoms with Crippen LogP contribution in [0.15, 0.2) is 84.9 Å². The fourth-order valence-electron chi connectivity index (χ4n) is 12.3. The number of nitrogens with one attached hydrogen (secondary N) is 1. The van der Waals surface area contributed by atoms with Crippen LogP contribution in [0.1, 0.15) is 98.3 Å². The number of rotatable bonds is 6. The fraction of sp³-hybridized carbons (Fsp3) is 0.467. The highest BCUT2D eigenvalue weighted by molar-refractivity contribution is 7.99. The topological polar surface area (TPSA) is 154 Å². The number of amides is 1. The number of para-hydroxylation sites is 2. The molecule has 4 fully saturated rings. The van der Waals surface area contributed by atoms with Gasteiger partial charge in [-0.1, -0.05) is 99.2 Å². The van der Waals surface area contributed by atoms with Crippen LogP contribution < -0.4 is 15.1 Å². The third kappa shape index (κ3) is 13.1. The highest BCUT2D eigenvalue weighted by Gasteiger charge is 2.33. The van der Waals surface area contributed by atoms with Crippen LogP contribution in [0.5, 0.6) is 0 Å². The molecule has 15 heteroatoms. The molecule has 0 spiro atoms. The summed E-state index contributed by atoms with van der Waals surface area (Å²) in [5.74, 6) is 5.44. The minimum absolute atomic E-state index is 0.0393. The number of aryl methyl sites for hydroxylation is 2. The first-order chi connectivity index (χ1) is 36.7. The number of carboxylic acids is 1.